The summed E-state index contributed by atoms with van der Waals surface area (Å²) in [6.45, 7) is 5.07. The van der Waals surface area contributed by atoms with Gasteiger partial charge in [0.05, 0.1) is 24.3 Å². The highest BCUT2D eigenvalue weighted by atomic mass is 32.1. The number of nitrogens with one attached hydrogen (secondary N) is 1. The van der Waals surface area contributed by atoms with E-state index in [0.29, 0.717) is 13.2 Å². The lowest BCUT2D eigenvalue weighted by atomic mass is 9.82. The van der Waals surface area contributed by atoms with Crippen molar-refractivity contribution >= 4 is 22.4 Å². The van der Waals surface area contributed by atoms with Gasteiger partial charge in [0.1, 0.15) is 0 Å². The molecule has 0 saturated carbocycles. The fourth-order valence-corrected chi connectivity index (χ4v) is 3.53. The standard InChI is InChI=1S/C13H19N3O2S/c1-3-13(7-18-8-13)11(17)15-12-14-9-4-5-16(2)6-10(9)19-12/h3-8H2,1-2H3,(H,14,15,17). The zero-order chi connectivity index (χ0) is 13.5. The summed E-state index contributed by atoms with van der Waals surface area (Å²) in [6, 6.07) is 0. The van der Waals surface area contributed by atoms with Gasteiger partial charge in [-0.05, 0) is 13.5 Å². The average molecular weight is 281 g/mol. The minimum atomic E-state index is -0.330. The van der Waals surface area contributed by atoms with Crippen LogP contribution in [0.15, 0.2) is 0 Å². The summed E-state index contributed by atoms with van der Waals surface area (Å²) in [4.78, 5) is 20.4. The lowest BCUT2D eigenvalue weighted by Crippen LogP contribution is -2.51. The molecule has 0 aliphatic carbocycles. The second kappa shape index (κ2) is 4.85. The second-order valence-corrected chi connectivity index (χ2v) is 6.54. The molecular weight excluding hydrogens is 262 g/mol. The highest BCUT2D eigenvalue weighted by Crippen LogP contribution is 2.34. The third-order valence-corrected chi connectivity index (χ3v) is 5.06. The predicted molar refractivity (Wildman–Crippen MR) is 74.3 cm³/mol. The zero-order valence-electron chi connectivity index (χ0n) is 11.4. The maximum absolute atomic E-state index is 12.3. The molecule has 0 unspecified atom stereocenters. The Morgan fingerprint density at radius 2 is 2.37 bits per heavy atom. The summed E-state index contributed by atoms with van der Waals surface area (Å²) in [5, 5.41) is 3.72. The van der Waals surface area contributed by atoms with Crippen molar-refractivity contribution in [2.45, 2.75) is 26.3 Å². The number of hydrogen-bond donors (Lipinski definition) is 1. The van der Waals surface area contributed by atoms with Crippen molar-refractivity contribution in [1.29, 1.82) is 0 Å². The highest BCUT2D eigenvalue weighted by molar-refractivity contribution is 7.15. The summed E-state index contributed by atoms with van der Waals surface area (Å²) >= 11 is 1.60. The molecule has 1 saturated heterocycles. The van der Waals surface area contributed by atoms with Crippen LogP contribution in [0.1, 0.15) is 23.9 Å². The van der Waals surface area contributed by atoms with Gasteiger partial charge in [0, 0.05) is 24.4 Å². The number of nitrogens with zero attached hydrogens (tertiary/aromatic N) is 2. The molecule has 1 aromatic heterocycles. The summed E-state index contributed by atoms with van der Waals surface area (Å²) in [5.74, 6) is 0.0562. The van der Waals surface area contributed by atoms with Gasteiger partial charge in [-0.2, -0.15) is 0 Å². The number of carbonyl (C=O) groups excluding carboxylic acids is 1. The summed E-state index contributed by atoms with van der Waals surface area (Å²) in [7, 11) is 2.11. The Labute approximate surface area is 117 Å². The van der Waals surface area contributed by atoms with Gasteiger partial charge in [0.2, 0.25) is 5.91 Å². The molecule has 19 heavy (non-hydrogen) atoms. The van der Waals surface area contributed by atoms with E-state index in [4.69, 9.17) is 4.74 Å². The average Bonchev–Trinajstić information content (AvgIpc) is 2.69. The molecule has 0 atom stereocenters. The number of anilines is 1. The van der Waals surface area contributed by atoms with Crippen LogP contribution in [0.4, 0.5) is 5.13 Å². The number of amides is 1. The van der Waals surface area contributed by atoms with E-state index in [1.165, 1.54) is 4.88 Å². The lowest BCUT2D eigenvalue weighted by molar-refractivity contribution is -0.156. The Hall–Kier alpha value is -0.980. The maximum Gasteiger partial charge on any atom is 0.237 e. The van der Waals surface area contributed by atoms with Gasteiger partial charge in [-0.3, -0.25) is 4.79 Å². The van der Waals surface area contributed by atoms with Gasteiger partial charge in [-0.15, -0.1) is 11.3 Å². The number of fused-ring (bicyclic) bond motifs is 1. The first-order valence-corrected chi connectivity index (χ1v) is 7.51. The Bertz CT molecular complexity index is 491. The molecule has 6 heteroatoms. The quantitative estimate of drug-likeness (QED) is 0.912. The van der Waals surface area contributed by atoms with Crippen molar-refractivity contribution in [3.63, 3.8) is 0 Å². The number of likely N-dealkylation sites (N-methyl/N-ethyl adjacent to an activating group) is 1. The minimum absolute atomic E-state index is 0.0562. The topological polar surface area (TPSA) is 54.5 Å². The molecule has 2 aliphatic rings. The van der Waals surface area contributed by atoms with Crippen molar-refractivity contribution in [3.05, 3.63) is 10.6 Å². The smallest absolute Gasteiger partial charge is 0.237 e. The largest absolute Gasteiger partial charge is 0.379 e. The van der Waals surface area contributed by atoms with Crippen LogP contribution in [0.25, 0.3) is 0 Å². The SMILES string of the molecule is CCC1(C(=O)Nc2nc3c(s2)CN(C)CC3)COC1. The molecule has 1 fully saturated rings. The molecule has 104 valence electrons. The summed E-state index contributed by atoms with van der Waals surface area (Å²) in [5.41, 5.74) is 0.817. The van der Waals surface area contributed by atoms with Gasteiger partial charge >= 0.3 is 0 Å². The van der Waals surface area contributed by atoms with Crippen LogP contribution in [0.5, 0.6) is 0 Å². The predicted octanol–water partition coefficient (Wildman–Crippen LogP) is 1.50. The fourth-order valence-electron chi connectivity index (χ4n) is 2.45. The summed E-state index contributed by atoms with van der Waals surface area (Å²) < 4.78 is 5.20. The van der Waals surface area contributed by atoms with Gasteiger partial charge in [-0.1, -0.05) is 6.92 Å². The third kappa shape index (κ3) is 2.28. The van der Waals surface area contributed by atoms with Gasteiger partial charge in [0.15, 0.2) is 5.13 Å². The number of aromatic nitrogens is 1. The normalized spacial score (nSPS) is 21.6. The molecular formula is C13H19N3O2S. The van der Waals surface area contributed by atoms with Crippen molar-refractivity contribution in [2.24, 2.45) is 5.41 Å². The van der Waals surface area contributed by atoms with Crippen molar-refractivity contribution in [3.8, 4) is 0 Å². The van der Waals surface area contributed by atoms with Crippen LogP contribution >= 0.6 is 11.3 Å². The number of thiazole rings is 1. The van der Waals surface area contributed by atoms with E-state index in [1.807, 2.05) is 6.92 Å². The summed E-state index contributed by atoms with van der Waals surface area (Å²) in [6.07, 6.45) is 1.78. The molecule has 2 aliphatic heterocycles. The number of ether oxygens (including phenoxy) is 1. The molecule has 0 aromatic carbocycles. The third-order valence-electron chi connectivity index (χ3n) is 4.06. The van der Waals surface area contributed by atoms with Gasteiger partial charge < -0.3 is 15.0 Å². The number of hydrogen-bond acceptors (Lipinski definition) is 5. The molecule has 5 nitrogen and oxygen atoms in total. The lowest BCUT2D eigenvalue weighted by Gasteiger charge is -2.38. The molecule has 0 spiro atoms. The maximum atomic E-state index is 12.3. The van der Waals surface area contributed by atoms with Crippen molar-refractivity contribution in [2.75, 3.05) is 32.1 Å². The molecule has 1 aromatic rings. The first kappa shape index (κ1) is 13.0. The highest BCUT2D eigenvalue weighted by Gasteiger charge is 2.44. The monoisotopic (exact) mass is 281 g/mol. The van der Waals surface area contributed by atoms with E-state index >= 15 is 0 Å². The molecule has 3 heterocycles. The number of rotatable bonds is 3. The van der Waals surface area contributed by atoms with Crippen LogP contribution in [-0.4, -0.2) is 42.6 Å². The number of carbonyl (C=O) groups is 1. The minimum Gasteiger partial charge on any atom is -0.379 e. The Balaban J connectivity index is 1.72. The van der Waals surface area contributed by atoms with E-state index in [9.17, 15) is 4.79 Å². The van der Waals surface area contributed by atoms with Crippen LogP contribution in [0.3, 0.4) is 0 Å². The van der Waals surface area contributed by atoms with Crippen LogP contribution in [0, 0.1) is 5.41 Å². The Kier molecular flexibility index (Phi) is 3.32. The first-order chi connectivity index (χ1) is 9.13. The van der Waals surface area contributed by atoms with E-state index in [-0.39, 0.29) is 11.3 Å². The Morgan fingerprint density at radius 3 is 3.00 bits per heavy atom. The second-order valence-electron chi connectivity index (χ2n) is 5.46. The fraction of sp³-hybridized carbons (Fsp3) is 0.692. The van der Waals surface area contributed by atoms with E-state index in [0.717, 1.165) is 36.8 Å². The zero-order valence-corrected chi connectivity index (χ0v) is 12.2. The van der Waals surface area contributed by atoms with E-state index in [1.54, 1.807) is 11.3 Å². The van der Waals surface area contributed by atoms with Crippen LogP contribution in [0.2, 0.25) is 0 Å². The molecule has 1 N–H and O–H groups in total. The molecule has 0 bridgehead atoms. The van der Waals surface area contributed by atoms with Gasteiger partial charge in [0.25, 0.3) is 0 Å². The molecule has 0 radical (unpaired) electrons. The van der Waals surface area contributed by atoms with E-state index < -0.39 is 0 Å². The molecule has 3 rings (SSSR count). The van der Waals surface area contributed by atoms with Crippen LogP contribution < -0.4 is 5.32 Å². The molecule has 1 amide bonds. The van der Waals surface area contributed by atoms with Crippen molar-refractivity contribution < 1.29 is 9.53 Å². The Morgan fingerprint density at radius 1 is 1.58 bits per heavy atom. The van der Waals surface area contributed by atoms with Gasteiger partial charge in [-0.25, -0.2) is 4.98 Å². The first-order valence-electron chi connectivity index (χ1n) is 6.69. The van der Waals surface area contributed by atoms with Crippen molar-refractivity contribution in [1.82, 2.24) is 9.88 Å². The van der Waals surface area contributed by atoms with Crippen LogP contribution in [-0.2, 0) is 22.5 Å². The van der Waals surface area contributed by atoms with E-state index in [2.05, 4.69) is 22.2 Å².